The lowest BCUT2D eigenvalue weighted by atomic mass is 10.1. The normalized spacial score (nSPS) is 11.2. The number of hydrogen-bond acceptors (Lipinski definition) is 4. The van der Waals surface area contributed by atoms with Gasteiger partial charge < -0.3 is 9.84 Å². The average molecular weight is 354 g/mol. The summed E-state index contributed by atoms with van der Waals surface area (Å²) in [4.78, 5) is 0. The topological polar surface area (TPSA) is 54.2 Å². The van der Waals surface area contributed by atoms with Gasteiger partial charge in [-0.1, -0.05) is 57.2 Å². The van der Waals surface area contributed by atoms with E-state index in [0.29, 0.717) is 18.0 Å². The minimum atomic E-state index is 0.0837. The molecule has 0 bridgehead atoms. The zero-order chi connectivity index (χ0) is 18.8. The number of phenolic OH excluding ortho intramolecular Hbond substituents is 1. The molecule has 0 spiro atoms. The molecule has 0 radical (unpaired) electrons. The van der Waals surface area contributed by atoms with E-state index in [-0.39, 0.29) is 5.75 Å². The van der Waals surface area contributed by atoms with Crippen LogP contribution in [0.4, 0.5) is 11.4 Å². The van der Waals surface area contributed by atoms with Crippen LogP contribution in [-0.2, 0) is 0 Å². The van der Waals surface area contributed by atoms with Gasteiger partial charge in [0.25, 0.3) is 0 Å². The van der Waals surface area contributed by atoms with E-state index in [2.05, 4.69) is 17.2 Å². The van der Waals surface area contributed by atoms with Gasteiger partial charge in [0.15, 0.2) is 0 Å². The first-order valence-electron chi connectivity index (χ1n) is 9.55. The summed E-state index contributed by atoms with van der Waals surface area (Å²) in [6.45, 7) is 6.90. The standard InChI is InChI=1S/C22H30N2O2/c1-4-5-6-7-8-9-15-26-19-13-14-20(21(25)16-19)23-24-22-17(2)11-10-12-18(22)3/h10-14,16,25H,4-9,15H2,1-3H3. The molecule has 0 saturated carbocycles. The van der Waals surface area contributed by atoms with Crippen LogP contribution >= 0.6 is 0 Å². The van der Waals surface area contributed by atoms with Gasteiger partial charge in [0.1, 0.15) is 17.2 Å². The lowest BCUT2D eigenvalue weighted by molar-refractivity contribution is 0.303. The van der Waals surface area contributed by atoms with Crippen molar-refractivity contribution in [1.29, 1.82) is 0 Å². The fraction of sp³-hybridized carbons (Fsp3) is 0.455. The molecule has 4 heteroatoms. The number of rotatable bonds is 10. The van der Waals surface area contributed by atoms with Gasteiger partial charge in [0.05, 0.1) is 12.3 Å². The van der Waals surface area contributed by atoms with E-state index in [9.17, 15) is 5.11 Å². The number of ether oxygens (including phenoxy) is 1. The minimum Gasteiger partial charge on any atom is -0.505 e. The third-order valence-electron chi connectivity index (χ3n) is 4.41. The van der Waals surface area contributed by atoms with Gasteiger partial charge in [-0.2, -0.15) is 0 Å². The summed E-state index contributed by atoms with van der Waals surface area (Å²) >= 11 is 0. The molecule has 0 aliphatic carbocycles. The second kappa shape index (κ2) is 10.6. The van der Waals surface area contributed by atoms with Crippen LogP contribution in [0.2, 0.25) is 0 Å². The number of aromatic hydroxyl groups is 1. The van der Waals surface area contributed by atoms with Crippen LogP contribution in [-0.4, -0.2) is 11.7 Å². The van der Waals surface area contributed by atoms with E-state index in [4.69, 9.17) is 4.74 Å². The summed E-state index contributed by atoms with van der Waals surface area (Å²) < 4.78 is 5.72. The molecule has 2 aromatic carbocycles. The van der Waals surface area contributed by atoms with Crippen LogP contribution in [0.3, 0.4) is 0 Å². The zero-order valence-electron chi connectivity index (χ0n) is 16.2. The Morgan fingerprint density at radius 2 is 1.58 bits per heavy atom. The largest absolute Gasteiger partial charge is 0.505 e. The molecule has 0 aliphatic heterocycles. The monoisotopic (exact) mass is 354 g/mol. The van der Waals surface area contributed by atoms with E-state index in [1.54, 1.807) is 12.1 Å². The number of benzene rings is 2. The second-order valence-corrected chi connectivity index (χ2v) is 6.71. The highest BCUT2D eigenvalue weighted by molar-refractivity contribution is 5.56. The highest BCUT2D eigenvalue weighted by Gasteiger charge is 2.05. The number of nitrogens with zero attached hydrogens (tertiary/aromatic N) is 2. The maximum absolute atomic E-state index is 10.2. The first-order valence-corrected chi connectivity index (χ1v) is 9.55. The summed E-state index contributed by atoms with van der Waals surface area (Å²) in [5.74, 6) is 0.752. The number of phenols is 1. The van der Waals surface area contributed by atoms with Crippen molar-refractivity contribution in [2.24, 2.45) is 10.2 Å². The van der Waals surface area contributed by atoms with Crippen molar-refractivity contribution in [2.75, 3.05) is 6.61 Å². The number of unbranched alkanes of at least 4 members (excludes halogenated alkanes) is 5. The Bertz CT molecular complexity index is 706. The summed E-state index contributed by atoms with van der Waals surface area (Å²) in [7, 11) is 0. The van der Waals surface area contributed by atoms with Crippen LogP contribution in [0.5, 0.6) is 11.5 Å². The SMILES string of the molecule is CCCCCCCCOc1ccc(N=Nc2c(C)cccc2C)c(O)c1. The molecule has 26 heavy (non-hydrogen) atoms. The molecule has 0 saturated heterocycles. The van der Waals surface area contributed by atoms with Crippen molar-refractivity contribution in [3.63, 3.8) is 0 Å². The predicted molar refractivity (Wildman–Crippen MR) is 107 cm³/mol. The summed E-state index contributed by atoms with van der Waals surface area (Å²) in [6, 6.07) is 11.2. The fourth-order valence-electron chi connectivity index (χ4n) is 2.82. The Morgan fingerprint density at radius 1 is 0.885 bits per heavy atom. The molecule has 0 amide bonds. The Balaban J connectivity index is 1.88. The molecule has 1 N–H and O–H groups in total. The zero-order valence-corrected chi connectivity index (χ0v) is 16.2. The van der Waals surface area contributed by atoms with Crippen LogP contribution in [0, 0.1) is 13.8 Å². The molecule has 140 valence electrons. The molecule has 0 atom stereocenters. The van der Waals surface area contributed by atoms with E-state index >= 15 is 0 Å². The average Bonchev–Trinajstić information content (AvgIpc) is 2.62. The Kier molecular flexibility index (Phi) is 8.13. The number of azo groups is 1. The van der Waals surface area contributed by atoms with Gasteiger partial charge in [-0.3, -0.25) is 0 Å². The van der Waals surface area contributed by atoms with Crippen LogP contribution in [0.1, 0.15) is 56.6 Å². The molecular weight excluding hydrogens is 324 g/mol. The molecule has 0 unspecified atom stereocenters. The molecule has 2 rings (SSSR count). The predicted octanol–water partition coefficient (Wildman–Crippen LogP) is 7.16. The summed E-state index contributed by atoms with van der Waals surface area (Å²) in [5.41, 5.74) is 3.41. The third kappa shape index (κ3) is 6.17. The van der Waals surface area contributed by atoms with Crippen molar-refractivity contribution in [1.82, 2.24) is 0 Å². The van der Waals surface area contributed by atoms with Crippen molar-refractivity contribution in [3.05, 3.63) is 47.5 Å². The lowest BCUT2D eigenvalue weighted by Crippen LogP contribution is -1.97. The highest BCUT2D eigenvalue weighted by atomic mass is 16.5. The fourth-order valence-corrected chi connectivity index (χ4v) is 2.82. The van der Waals surface area contributed by atoms with Crippen LogP contribution in [0.25, 0.3) is 0 Å². The first-order chi connectivity index (χ1) is 12.6. The van der Waals surface area contributed by atoms with E-state index in [0.717, 1.165) is 23.2 Å². The minimum absolute atomic E-state index is 0.0837. The number of aryl methyl sites for hydroxylation is 2. The Morgan fingerprint density at radius 3 is 2.27 bits per heavy atom. The quantitative estimate of drug-likeness (QED) is 0.363. The Labute approximate surface area is 156 Å². The molecule has 0 aromatic heterocycles. The summed E-state index contributed by atoms with van der Waals surface area (Å²) in [6.07, 6.45) is 7.37. The van der Waals surface area contributed by atoms with Crippen molar-refractivity contribution in [3.8, 4) is 11.5 Å². The van der Waals surface area contributed by atoms with Crippen molar-refractivity contribution < 1.29 is 9.84 Å². The van der Waals surface area contributed by atoms with Gasteiger partial charge in [-0.25, -0.2) is 0 Å². The smallest absolute Gasteiger partial charge is 0.146 e. The van der Waals surface area contributed by atoms with Crippen molar-refractivity contribution in [2.45, 2.75) is 59.3 Å². The summed E-state index contributed by atoms with van der Waals surface area (Å²) in [5, 5.41) is 18.7. The van der Waals surface area contributed by atoms with E-state index in [1.807, 2.05) is 38.1 Å². The van der Waals surface area contributed by atoms with Gasteiger partial charge >= 0.3 is 0 Å². The lowest BCUT2D eigenvalue weighted by Gasteiger charge is -2.07. The third-order valence-corrected chi connectivity index (χ3v) is 4.41. The second-order valence-electron chi connectivity index (χ2n) is 6.71. The molecular formula is C22H30N2O2. The van der Waals surface area contributed by atoms with Crippen LogP contribution < -0.4 is 4.74 Å². The van der Waals surface area contributed by atoms with E-state index < -0.39 is 0 Å². The maximum atomic E-state index is 10.2. The molecule has 0 fully saturated rings. The number of hydrogen-bond donors (Lipinski definition) is 1. The van der Waals surface area contributed by atoms with Crippen molar-refractivity contribution >= 4 is 11.4 Å². The van der Waals surface area contributed by atoms with Gasteiger partial charge in [0, 0.05) is 6.07 Å². The maximum Gasteiger partial charge on any atom is 0.146 e. The molecule has 0 heterocycles. The molecule has 0 aliphatic rings. The van der Waals surface area contributed by atoms with Gasteiger partial charge in [-0.15, -0.1) is 10.2 Å². The van der Waals surface area contributed by atoms with Gasteiger partial charge in [-0.05, 0) is 43.5 Å². The van der Waals surface area contributed by atoms with Gasteiger partial charge in [0.2, 0.25) is 0 Å². The van der Waals surface area contributed by atoms with Crippen LogP contribution in [0.15, 0.2) is 46.6 Å². The first kappa shape index (κ1) is 20.0. The van der Waals surface area contributed by atoms with E-state index in [1.165, 1.54) is 32.1 Å². The molecule has 2 aromatic rings. The Hall–Kier alpha value is -2.36. The highest BCUT2D eigenvalue weighted by Crippen LogP contribution is 2.33. The molecule has 4 nitrogen and oxygen atoms in total.